The number of hydrogen-bond donors (Lipinski definition) is 2. The number of rotatable bonds is 4. The van der Waals surface area contributed by atoms with E-state index < -0.39 is 17.9 Å². The number of H-pyrrole nitrogens is 1. The standard InChI is InChI=1S/C19H15ClFN3O2.CH4/c20-14-6-3-5-13-12(9-22-17(13)14)8-16-18(25)24(19(26)23-16)10-11-4-1-2-7-15(11)21;/h1-7,9,16,22H,8,10H2,(H,23,26);1H4/t16-;/m1./s1. The molecule has 1 aromatic heterocycles. The summed E-state index contributed by atoms with van der Waals surface area (Å²) in [5, 5.41) is 4.18. The van der Waals surface area contributed by atoms with Crippen LogP contribution in [-0.2, 0) is 17.8 Å². The van der Waals surface area contributed by atoms with Gasteiger partial charge >= 0.3 is 6.03 Å². The lowest BCUT2D eigenvalue weighted by molar-refractivity contribution is -0.127. The fraction of sp³-hybridized carbons (Fsp3) is 0.200. The van der Waals surface area contributed by atoms with Crippen LogP contribution in [0.3, 0.4) is 0 Å². The number of carbonyl (C=O) groups is 2. The molecular weight excluding hydrogens is 369 g/mol. The van der Waals surface area contributed by atoms with Gasteiger partial charge in [-0.1, -0.05) is 49.4 Å². The summed E-state index contributed by atoms with van der Waals surface area (Å²) in [5.41, 5.74) is 1.98. The molecule has 0 radical (unpaired) electrons. The molecule has 3 aromatic rings. The van der Waals surface area contributed by atoms with Gasteiger partial charge in [0.15, 0.2) is 0 Å². The number of para-hydroxylation sites is 1. The average Bonchev–Trinajstić information content (AvgIpc) is 3.14. The number of nitrogens with zero attached hydrogens (tertiary/aromatic N) is 1. The fourth-order valence-corrected chi connectivity index (χ4v) is 3.46. The quantitative estimate of drug-likeness (QED) is 0.657. The van der Waals surface area contributed by atoms with Gasteiger partial charge in [-0.05, 0) is 17.7 Å². The van der Waals surface area contributed by atoms with Crippen LogP contribution in [0.1, 0.15) is 18.6 Å². The molecule has 0 bridgehead atoms. The maximum Gasteiger partial charge on any atom is 0.325 e. The number of aromatic amines is 1. The van der Waals surface area contributed by atoms with Gasteiger partial charge in [0.2, 0.25) is 0 Å². The lowest BCUT2D eigenvalue weighted by Gasteiger charge is -2.13. The number of carbonyl (C=O) groups excluding carboxylic acids is 2. The Morgan fingerprint density at radius 3 is 2.63 bits per heavy atom. The maximum absolute atomic E-state index is 13.8. The van der Waals surface area contributed by atoms with E-state index in [2.05, 4.69) is 10.3 Å². The Kier molecular flexibility index (Phi) is 5.19. The van der Waals surface area contributed by atoms with E-state index in [0.717, 1.165) is 21.4 Å². The lowest BCUT2D eigenvalue weighted by Crippen LogP contribution is -2.32. The first-order valence-corrected chi connectivity index (χ1v) is 8.52. The maximum atomic E-state index is 13.8. The Balaban J connectivity index is 0.00000210. The third kappa shape index (κ3) is 3.40. The number of benzene rings is 2. The van der Waals surface area contributed by atoms with E-state index in [-0.39, 0.29) is 19.9 Å². The molecule has 4 rings (SSSR count). The van der Waals surface area contributed by atoms with Crippen LogP contribution in [0.2, 0.25) is 5.02 Å². The summed E-state index contributed by atoms with van der Waals surface area (Å²) in [4.78, 5) is 29.0. The normalized spacial score (nSPS) is 16.5. The molecule has 1 aliphatic heterocycles. The Hall–Kier alpha value is -2.86. The molecule has 5 nitrogen and oxygen atoms in total. The van der Waals surface area contributed by atoms with E-state index in [9.17, 15) is 14.0 Å². The summed E-state index contributed by atoms with van der Waals surface area (Å²) in [6, 6.07) is 10.4. The predicted molar refractivity (Wildman–Crippen MR) is 103 cm³/mol. The second kappa shape index (κ2) is 7.40. The summed E-state index contributed by atoms with van der Waals surface area (Å²) >= 11 is 6.16. The van der Waals surface area contributed by atoms with E-state index in [0.29, 0.717) is 17.0 Å². The molecule has 1 atom stereocenters. The molecule has 1 saturated heterocycles. The zero-order valence-corrected chi connectivity index (χ0v) is 14.4. The number of fused-ring (bicyclic) bond motifs is 1. The molecule has 0 saturated carbocycles. The van der Waals surface area contributed by atoms with E-state index in [1.54, 1.807) is 30.5 Å². The van der Waals surface area contributed by atoms with Gasteiger partial charge in [-0.25, -0.2) is 9.18 Å². The third-order valence-electron chi connectivity index (χ3n) is 4.57. The first-order valence-electron chi connectivity index (χ1n) is 8.14. The number of imide groups is 1. The summed E-state index contributed by atoms with van der Waals surface area (Å²) in [7, 11) is 0. The van der Waals surface area contributed by atoms with Crippen molar-refractivity contribution in [3.8, 4) is 0 Å². The number of halogens is 2. The van der Waals surface area contributed by atoms with Gasteiger partial charge in [0.1, 0.15) is 11.9 Å². The molecule has 1 fully saturated rings. The van der Waals surface area contributed by atoms with Gasteiger partial charge in [-0.15, -0.1) is 0 Å². The van der Waals surface area contributed by atoms with Gasteiger partial charge < -0.3 is 10.3 Å². The van der Waals surface area contributed by atoms with Crippen LogP contribution in [0.25, 0.3) is 10.9 Å². The number of hydrogen-bond acceptors (Lipinski definition) is 2. The summed E-state index contributed by atoms with van der Waals surface area (Å²) in [6.45, 7) is -0.0897. The second-order valence-corrected chi connectivity index (χ2v) is 6.61. The van der Waals surface area contributed by atoms with Crippen LogP contribution < -0.4 is 5.32 Å². The van der Waals surface area contributed by atoms with Crippen LogP contribution in [0, 0.1) is 5.82 Å². The smallest absolute Gasteiger partial charge is 0.325 e. The molecule has 2 aromatic carbocycles. The Bertz CT molecular complexity index is 1020. The van der Waals surface area contributed by atoms with Gasteiger partial charge in [-0.3, -0.25) is 9.69 Å². The van der Waals surface area contributed by atoms with E-state index >= 15 is 0 Å². The van der Waals surface area contributed by atoms with Crippen molar-refractivity contribution in [2.75, 3.05) is 0 Å². The summed E-state index contributed by atoms with van der Waals surface area (Å²) < 4.78 is 13.8. The minimum absolute atomic E-state index is 0. The van der Waals surface area contributed by atoms with Crippen LogP contribution in [0.5, 0.6) is 0 Å². The Morgan fingerprint density at radius 1 is 1.07 bits per heavy atom. The molecule has 0 aliphatic carbocycles. The van der Waals surface area contributed by atoms with E-state index in [1.165, 1.54) is 6.07 Å². The van der Waals surface area contributed by atoms with Crippen molar-refractivity contribution in [3.05, 3.63) is 70.6 Å². The van der Waals surface area contributed by atoms with Crippen molar-refractivity contribution in [1.82, 2.24) is 15.2 Å². The zero-order chi connectivity index (χ0) is 18.3. The summed E-state index contributed by atoms with van der Waals surface area (Å²) in [5.74, 6) is -0.808. The van der Waals surface area contributed by atoms with Crippen molar-refractivity contribution in [2.45, 2.75) is 26.4 Å². The molecule has 140 valence electrons. The highest BCUT2D eigenvalue weighted by Gasteiger charge is 2.38. The molecule has 2 heterocycles. The van der Waals surface area contributed by atoms with Crippen LogP contribution >= 0.6 is 11.6 Å². The SMILES string of the molecule is C.O=C1N[C@H](Cc2c[nH]c3c(Cl)cccc23)C(=O)N1Cc1ccccc1F. The van der Waals surface area contributed by atoms with Gasteiger partial charge in [-0.2, -0.15) is 0 Å². The van der Waals surface area contributed by atoms with E-state index in [1.807, 2.05) is 12.1 Å². The highest BCUT2D eigenvalue weighted by atomic mass is 35.5. The monoisotopic (exact) mass is 387 g/mol. The Labute approximate surface area is 161 Å². The molecule has 27 heavy (non-hydrogen) atoms. The molecule has 0 unspecified atom stereocenters. The first-order chi connectivity index (χ1) is 12.5. The minimum Gasteiger partial charge on any atom is -0.360 e. The Morgan fingerprint density at radius 2 is 1.85 bits per heavy atom. The van der Waals surface area contributed by atoms with Crippen molar-refractivity contribution in [1.29, 1.82) is 0 Å². The fourth-order valence-electron chi connectivity index (χ4n) is 3.23. The number of aromatic nitrogens is 1. The van der Waals surface area contributed by atoms with Gasteiger partial charge in [0.25, 0.3) is 5.91 Å². The highest BCUT2D eigenvalue weighted by Crippen LogP contribution is 2.27. The summed E-state index contributed by atoms with van der Waals surface area (Å²) in [6.07, 6.45) is 2.12. The van der Waals surface area contributed by atoms with Crippen LogP contribution in [-0.4, -0.2) is 27.9 Å². The predicted octanol–water partition coefficient (Wildman–Crippen LogP) is 4.26. The lowest BCUT2D eigenvalue weighted by atomic mass is 10.0. The number of urea groups is 1. The molecule has 7 heteroatoms. The van der Waals surface area contributed by atoms with Crippen molar-refractivity contribution in [2.24, 2.45) is 0 Å². The van der Waals surface area contributed by atoms with Crippen molar-refractivity contribution in [3.63, 3.8) is 0 Å². The van der Waals surface area contributed by atoms with Gasteiger partial charge in [0.05, 0.1) is 17.1 Å². The second-order valence-electron chi connectivity index (χ2n) is 6.20. The van der Waals surface area contributed by atoms with Crippen molar-refractivity contribution >= 4 is 34.4 Å². The van der Waals surface area contributed by atoms with Gasteiger partial charge in [0, 0.05) is 23.6 Å². The number of nitrogens with one attached hydrogen (secondary N) is 2. The zero-order valence-electron chi connectivity index (χ0n) is 13.6. The highest BCUT2D eigenvalue weighted by molar-refractivity contribution is 6.35. The molecular formula is C20H19ClFN3O2. The minimum atomic E-state index is -0.688. The van der Waals surface area contributed by atoms with Crippen molar-refractivity contribution < 1.29 is 14.0 Å². The third-order valence-corrected chi connectivity index (χ3v) is 4.88. The largest absolute Gasteiger partial charge is 0.360 e. The van der Waals surface area contributed by atoms with Crippen LogP contribution in [0.4, 0.5) is 9.18 Å². The first kappa shape index (κ1) is 18.9. The molecule has 1 aliphatic rings. The molecule has 3 amide bonds. The molecule has 2 N–H and O–H groups in total. The van der Waals surface area contributed by atoms with Crippen LogP contribution in [0.15, 0.2) is 48.7 Å². The average molecular weight is 388 g/mol. The number of amides is 3. The van der Waals surface area contributed by atoms with E-state index in [4.69, 9.17) is 11.6 Å². The molecule has 0 spiro atoms. The topological polar surface area (TPSA) is 65.2 Å².